The number of hydrogen-bond donors (Lipinski definition) is 1. The summed E-state index contributed by atoms with van der Waals surface area (Å²) in [5.74, 6) is 0. The van der Waals surface area contributed by atoms with Crippen molar-refractivity contribution in [3.63, 3.8) is 0 Å². The zero-order valence-electron chi connectivity index (χ0n) is 9.87. The van der Waals surface area contributed by atoms with Gasteiger partial charge >= 0.3 is 0 Å². The van der Waals surface area contributed by atoms with Gasteiger partial charge in [0, 0.05) is 23.6 Å². The third kappa shape index (κ3) is 2.78. The molecule has 5 nitrogen and oxygen atoms in total. The van der Waals surface area contributed by atoms with Crippen molar-refractivity contribution in [1.29, 1.82) is 0 Å². The van der Waals surface area contributed by atoms with Crippen molar-refractivity contribution in [2.45, 2.75) is 23.3 Å². The minimum Gasteiger partial charge on any atom is -0.374 e. The average Bonchev–Trinajstić information content (AvgIpc) is 2.76. The number of nitrogens with two attached hydrogens (primary N) is 1. The van der Waals surface area contributed by atoms with Crippen LogP contribution in [0.5, 0.6) is 0 Å². The lowest BCUT2D eigenvalue weighted by Crippen LogP contribution is -2.51. The second kappa shape index (κ2) is 5.56. The maximum Gasteiger partial charge on any atom is 0.253 e. The van der Waals surface area contributed by atoms with Gasteiger partial charge in [0.1, 0.15) is 4.21 Å². The second-order valence-corrected chi connectivity index (χ2v) is 8.09. The predicted molar refractivity (Wildman–Crippen MR) is 74.2 cm³/mol. The molecular weight excluding hydrogens is 340 g/mol. The van der Waals surface area contributed by atoms with Gasteiger partial charge in [-0.2, -0.15) is 4.31 Å². The lowest BCUT2D eigenvalue weighted by molar-refractivity contribution is -0.0119. The van der Waals surface area contributed by atoms with Crippen LogP contribution < -0.4 is 5.73 Å². The van der Waals surface area contributed by atoms with Gasteiger partial charge in [-0.25, -0.2) is 8.42 Å². The molecule has 2 N–H and O–H groups in total. The van der Waals surface area contributed by atoms with E-state index in [1.165, 1.54) is 15.6 Å². The number of hydrogen-bond acceptors (Lipinski definition) is 5. The van der Waals surface area contributed by atoms with Gasteiger partial charge in [-0.1, -0.05) is 0 Å². The van der Waals surface area contributed by atoms with Crippen LogP contribution in [0.2, 0.25) is 0 Å². The molecule has 0 amide bonds. The number of morpholine rings is 1. The molecule has 1 aliphatic rings. The fourth-order valence-electron chi connectivity index (χ4n) is 1.77. The monoisotopic (exact) mass is 354 g/mol. The van der Waals surface area contributed by atoms with Gasteiger partial charge in [0.25, 0.3) is 10.0 Å². The molecule has 1 saturated heterocycles. The van der Waals surface area contributed by atoms with Crippen molar-refractivity contribution >= 4 is 37.3 Å². The van der Waals surface area contributed by atoms with Crippen LogP contribution in [0.3, 0.4) is 0 Å². The standard InChI is InChI=1S/C10H15BrN2O3S2/c1-7(12)9-6-13(3-4-16-9)18(14,15)10-8(11)2-5-17-10/h2,5,7,9H,3-4,6,12H2,1H3. The van der Waals surface area contributed by atoms with Crippen molar-refractivity contribution in [3.8, 4) is 0 Å². The molecule has 1 aliphatic heterocycles. The highest BCUT2D eigenvalue weighted by Crippen LogP contribution is 2.31. The quantitative estimate of drug-likeness (QED) is 0.886. The van der Waals surface area contributed by atoms with Crippen molar-refractivity contribution in [3.05, 3.63) is 15.9 Å². The molecule has 1 fully saturated rings. The summed E-state index contributed by atoms with van der Waals surface area (Å²) in [5.41, 5.74) is 5.77. The molecule has 0 aromatic carbocycles. The molecule has 2 rings (SSSR count). The second-order valence-electron chi connectivity index (χ2n) is 4.19. The van der Waals surface area contributed by atoms with Crippen LogP contribution >= 0.6 is 27.3 Å². The first kappa shape index (κ1) is 14.4. The Kier molecular flexibility index (Phi) is 4.45. The summed E-state index contributed by atoms with van der Waals surface area (Å²) in [6.45, 7) is 2.89. The molecule has 0 spiro atoms. The van der Waals surface area contributed by atoms with Crippen LogP contribution in [-0.2, 0) is 14.8 Å². The maximum atomic E-state index is 12.4. The van der Waals surface area contributed by atoms with Gasteiger partial charge in [-0.05, 0) is 34.3 Å². The van der Waals surface area contributed by atoms with Crippen molar-refractivity contribution < 1.29 is 13.2 Å². The van der Waals surface area contributed by atoms with Crippen LogP contribution in [0.25, 0.3) is 0 Å². The molecule has 0 saturated carbocycles. The Morgan fingerprint density at radius 1 is 1.67 bits per heavy atom. The summed E-state index contributed by atoms with van der Waals surface area (Å²) in [5, 5.41) is 1.75. The van der Waals surface area contributed by atoms with E-state index < -0.39 is 10.0 Å². The van der Waals surface area contributed by atoms with E-state index in [0.29, 0.717) is 28.4 Å². The lowest BCUT2D eigenvalue weighted by Gasteiger charge is -2.33. The normalized spacial score (nSPS) is 24.1. The van der Waals surface area contributed by atoms with E-state index in [2.05, 4.69) is 15.9 Å². The van der Waals surface area contributed by atoms with E-state index in [-0.39, 0.29) is 12.1 Å². The van der Waals surface area contributed by atoms with Crippen molar-refractivity contribution in [1.82, 2.24) is 4.31 Å². The van der Waals surface area contributed by atoms with Gasteiger partial charge in [-0.3, -0.25) is 0 Å². The summed E-state index contributed by atoms with van der Waals surface area (Å²) in [6, 6.07) is 1.55. The first-order valence-corrected chi connectivity index (χ1v) is 8.64. The summed E-state index contributed by atoms with van der Waals surface area (Å²) in [6.07, 6.45) is -0.243. The Bertz CT molecular complexity index is 515. The number of halogens is 1. The first-order valence-electron chi connectivity index (χ1n) is 5.53. The molecule has 18 heavy (non-hydrogen) atoms. The molecule has 8 heteroatoms. The Morgan fingerprint density at radius 2 is 2.39 bits per heavy atom. The number of rotatable bonds is 3. The van der Waals surface area contributed by atoms with E-state index in [1.807, 2.05) is 6.92 Å². The molecular formula is C10H15BrN2O3S2. The van der Waals surface area contributed by atoms with E-state index in [4.69, 9.17) is 10.5 Å². The van der Waals surface area contributed by atoms with Crippen LogP contribution in [0.1, 0.15) is 6.92 Å². The van der Waals surface area contributed by atoms with Gasteiger partial charge in [0.15, 0.2) is 0 Å². The highest BCUT2D eigenvalue weighted by atomic mass is 79.9. The average molecular weight is 355 g/mol. The topological polar surface area (TPSA) is 72.6 Å². The number of thiophene rings is 1. The van der Waals surface area contributed by atoms with Gasteiger partial charge < -0.3 is 10.5 Å². The van der Waals surface area contributed by atoms with Crippen LogP contribution in [0.15, 0.2) is 20.1 Å². The zero-order valence-corrected chi connectivity index (χ0v) is 13.1. The van der Waals surface area contributed by atoms with Crippen molar-refractivity contribution in [2.24, 2.45) is 5.73 Å². The number of nitrogens with zero attached hydrogens (tertiary/aromatic N) is 1. The highest BCUT2D eigenvalue weighted by Gasteiger charge is 2.33. The smallest absolute Gasteiger partial charge is 0.253 e. The molecule has 0 radical (unpaired) electrons. The molecule has 2 heterocycles. The van der Waals surface area contributed by atoms with E-state index >= 15 is 0 Å². The largest absolute Gasteiger partial charge is 0.374 e. The maximum absolute atomic E-state index is 12.4. The third-order valence-corrected chi connectivity index (χ3v) is 7.31. The van der Waals surface area contributed by atoms with E-state index in [9.17, 15) is 8.42 Å². The molecule has 2 atom stereocenters. The Morgan fingerprint density at radius 3 is 2.94 bits per heavy atom. The summed E-state index contributed by atoms with van der Waals surface area (Å²) < 4.78 is 32.8. The van der Waals surface area contributed by atoms with Gasteiger partial charge in [-0.15, -0.1) is 11.3 Å². The Labute approximate surface area is 119 Å². The molecule has 2 unspecified atom stereocenters. The van der Waals surface area contributed by atoms with Gasteiger partial charge in [0.05, 0.1) is 12.7 Å². The summed E-state index contributed by atoms with van der Waals surface area (Å²) in [7, 11) is -3.45. The van der Waals surface area contributed by atoms with Crippen molar-refractivity contribution in [2.75, 3.05) is 19.7 Å². The minimum atomic E-state index is -3.45. The van der Waals surface area contributed by atoms with Crippen LogP contribution in [0.4, 0.5) is 0 Å². The molecule has 102 valence electrons. The Hall–Kier alpha value is 0.01000. The molecule has 1 aromatic rings. The summed E-state index contributed by atoms with van der Waals surface area (Å²) in [4.78, 5) is 0. The predicted octanol–water partition coefficient (Wildman–Crippen LogP) is 1.25. The number of ether oxygens (including phenoxy) is 1. The first-order chi connectivity index (χ1) is 8.43. The Balaban J connectivity index is 2.23. The fourth-order valence-corrected chi connectivity index (χ4v) is 5.65. The fraction of sp³-hybridized carbons (Fsp3) is 0.600. The minimum absolute atomic E-state index is 0.185. The SMILES string of the molecule is CC(N)C1CN(S(=O)(=O)c2sccc2Br)CCO1. The van der Waals surface area contributed by atoms with E-state index in [0.717, 1.165) is 0 Å². The van der Waals surface area contributed by atoms with Gasteiger partial charge in [0.2, 0.25) is 0 Å². The molecule has 0 aliphatic carbocycles. The summed E-state index contributed by atoms with van der Waals surface area (Å²) >= 11 is 4.47. The highest BCUT2D eigenvalue weighted by molar-refractivity contribution is 9.10. The van der Waals surface area contributed by atoms with Crippen LogP contribution in [-0.4, -0.2) is 44.6 Å². The third-order valence-electron chi connectivity index (χ3n) is 2.80. The lowest BCUT2D eigenvalue weighted by atomic mass is 10.2. The zero-order chi connectivity index (χ0) is 13.3. The van der Waals surface area contributed by atoms with Crippen LogP contribution in [0, 0.1) is 0 Å². The molecule has 0 bridgehead atoms. The van der Waals surface area contributed by atoms with E-state index in [1.54, 1.807) is 11.4 Å². The number of sulfonamides is 1. The molecule has 1 aromatic heterocycles.